The Morgan fingerprint density at radius 3 is 2.62 bits per heavy atom. The molecular formula is C20H23N3O. The Labute approximate surface area is 142 Å². The summed E-state index contributed by atoms with van der Waals surface area (Å²) in [7, 11) is 0. The van der Waals surface area contributed by atoms with Crippen molar-refractivity contribution in [1.82, 2.24) is 14.3 Å². The first-order chi connectivity index (χ1) is 11.8. The van der Waals surface area contributed by atoms with Crippen LogP contribution in [-0.4, -0.2) is 32.5 Å². The minimum Gasteiger partial charge on any atom is -0.388 e. The van der Waals surface area contributed by atoms with Gasteiger partial charge < -0.3 is 9.51 Å². The Balaban J connectivity index is 1.39. The quantitative estimate of drug-likeness (QED) is 0.802. The summed E-state index contributed by atoms with van der Waals surface area (Å²) in [5, 5.41) is 10.6. The molecule has 3 aromatic rings. The molecule has 2 aromatic heterocycles. The van der Waals surface area contributed by atoms with Crippen LogP contribution >= 0.6 is 0 Å². The van der Waals surface area contributed by atoms with Gasteiger partial charge in [0.05, 0.1) is 6.10 Å². The van der Waals surface area contributed by atoms with E-state index in [9.17, 15) is 5.11 Å². The zero-order valence-electron chi connectivity index (χ0n) is 13.8. The predicted octanol–water partition coefficient (Wildman–Crippen LogP) is 3.28. The summed E-state index contributed by atoms with van der Waals surface area (Å²) in [4.78, 5) is 6.83. The lowest BCUT2D eigenvalue weighted by molar-refractivity contribution is 0.0563. The van der Waals surface area contributed by atoms with E-state index in [4.69, 9.17) is 0 Å². The molecule has 1 saturated heterocycles. The van der Waals surface area contributed by atoms with Gasteiger partial charge in [-0.05, 0) is 49.5 Å². The summed E-state index contributed by atoms with van der Waals surface area (Å²) in [5.74, 6) is 0.354. The van der Waals surface area contributed by atoms with Crippen molar-refractivity contribution in [3.63, 3.8) is 0 Å². The van der Waals surface area contributed by atoms with Crippen LogP contribution in [0.3, 0.4) is 0 Å². The topological polar surface area (TPSA) is 40.8 Å². The summed E-state index contributed by atoms with van der Waals surface area (Å²) in [6.45, 7) is 2.99. The molecule has 3 heterocycles. The van der Waals surface area contributed by atoms with Crippen LogP contribution in [0.15, 0.2) is 60.9 Å². The molecule has 1 aromatic carbocycles. The monoisotopic (exact) mass is 321 g/mol. The van der Waals surface area contributed by atoms with Crippen molar-refractivity contribution in [2.45, 2.75) is 25.5 Å². The second-order valence-corrected chi connectivity index (χ2v) is 6.64. The van der Waals surface area contributed by atoms with Gasteiger partial charge in [-0.25, -0.2) is 4.98 Å². The van der Waals surface area contributed by atoms with Crippen molar-refractivity contribution >= 4 is 5.65 Å². The molecule has 1 fully saturated rings. The Morgan fingerprint density at radius 2 is 1.83 bits per heavy atom. The minimum absolute atomic E-state index is 0.342. The average molecular weight is 321 g/mol. The standard InChI is InChI=1S/C20H23N3O/c24-20(16-5-2-1-3-6-16)17-9-12-22(13-10-17)15-18-7-4-8-19-21-11-14-23(18)19/h1-8,11,14,17,20,24H,9-10,12-13,15H2/t20-/m1/s1. The maximum absolute atomic E-state index is 10.6. The molecular weight excluding hydrogens is 298 g/mol. The van der Waals surface area contributed by atoms with Crippen LogP contribution in [0.4, 0.5) is 0 Å². The summed E-state index contributed by atoms with van der Waals surface area (Å²) >= 11 is 0. The lowest BCUT2D eigenvalue weighted by Crippen LogP contribution is -2.35. The number of nitrogens with zero attached hydrogens (tertiary/aromatic N) is 3. The SMILES string of the molecule is O[C@H](c1ccccc1)C1CCN(Cc2cccc3nccn23)CC1. The summed E-state index contributed by atoms with van der Waals surface area (Å²) in [6.07, 6.45) is 5.61. The van der Waals surface area contributed by atoms with Crippen LogP contribution in [0.25, 0.3) is 5.65 Å². The number of aliphatic hydroxyl groups excluding tert-OH is 1. The van der Waals surface area contributed by atoms with E-state index in [0.29, 0.717) is 5.92 Å². The highest BCUT2D eigenvalue weighted by atomic mass is 16.3. The van der Waals surface area contributed by atoms with E-state index in [-0.39, 0.29) is 6.10 Å². The number of hydrogen-bond acceptors (Lipinski definition) is 3. The van der Waals surface area contributed by atoms with Crippen LogP contribution in [0, 0.1) is 5.92 Å². The summed E-state index contributed by atoms with van der Waals surface area (Å²) in [6, 6.07) is 16.3. The number of fused-ring (bicyclic) bond motifs is 1. The average Bonchev–Trinajstić information content (AvgIpc) is 3.12. The number of rotatable bonds is 4. The molecule has 4 heteroatoms. The van der Waals surface area contributed by atoms with Crippen molar-refractivity contribution < 1.29 is 5.11 Å². The number of likely N-dealkylation sites (tertiary alicyclic amines) is 1. The highest BCUT2D eigenvalue weighted by Crippen LogP contribution is 2.31. The second kappa shape index (κ2) is 6.75. The van der Waals surface area contributed by atoms with Gasteiger partial charge in [-0.2, -0.15) is 0 Å². The van der Waals surface area contributed by atoms with E-state index in [0.717, 1.165) is 43.7 Å². The lowest BCUT2D eigenvalue weighted by atomic mass is 9.87. The van der Waals surface area contributed by atoms with Crippen molar-refractivity contribution in [2.24, 2.45) is 5.92 Å². The number of piperidine rings is 1. The van der Waals surface area contributed by atoms with Crippen LogP contribution in [0.2, 0.25) is 0 Å². The first kappa shape index (κ1) is 15.4. The lowest BCUT2D eigenvalue weighted by Gasteiger charge is -2.34. The van der Waals surface area contributed by atoms with Crippen LogP contribution < -0.4 is 0 Å². The molecule has 0 aliphatic carbocycles. The zero-order valence-corrected chi connectivity index (χ0v) is 13.8. The third kappa shape index (κ3) is 3.07. The van der Waals surface area contributed by atoms with E-state index < -0.39 is 0 Å². The van der Waals surface area contributed by atoms with Crippen molar-refractivity contribution in [1.29, 1.82) is 0 Å². The first-order valence-corrected chi connectivity index (χ1v) is 8.67. The van der Waals surface area contributed by atoms with Crippen LogP contribution in [0.1, 0.15) is 30.2 Å². The fraction of sp³-hybridized carbons (Fsp3) is 0.350. The maximum atomic E-state index is 10.6. The number of aliphatic hydroxyl groups is 1. The Hall–Kier alpha value is -2.17. The normalized spacial score (nSPS) is 18.0. The molecule has 4 rings (SSSR count). The molecule has 0 amide bonds. The molecule has 0 unspecified atom stereocenters. The third-order valence-electron chi connectivity index (χ3n) is 5.12. The number of hydrogen-bond donors (Lipinski definition) is 1. The van der Waals surface area contributed by atoms with Crippen LogP contribution in [-0.2, 0) is 6.54 Å². The molecule has 0 bridgehead atoms. The number of imidazole rings is 1. The molecule has 1 aliphatic rings. The molecule has 4 nitrogen and oxygen atoms in total. The summed E-state index contributed by atoms with van der Waals surface area (Å²) in [5.41, 5.74) is 3.31. The summed E-state index contributed by atoms with van der Waals surface area (Å²) < 4.78 is 2.16. The third-order valence-corrected chi connectivity index (χ3v) is 5.12. The largest absolute Gasteiger partial charge is 0.388 e. The van der Waals surface area contributed by atoms with Gasteiger partial charge in [0.1, 0.15) is 5.65 Å². The molecule has 0 spiro atoms. The van der Waals surface area contributed by atoms with Gasteiger partial charge in [0.15, 0.2) is 0 Å². The first-order valence-electron chi connectivity index (χ1n) is 8.67. The van der Waals surface area contributed by atoms with Gasteiger partial charge in [0.2, 0.25) is 0 Å². The van der Waals surface area contributed by atoms with E-state index in [2.05, 4.69) is 26.4 Å². The molecule has 124 valence electrons. The highest BCUT2D eigenvalue weighted by Gasteiger charge is 2.26. The van der Waals surface area contributed by atoms with Gasteiger partial charge >= 0.3 is 0 Å². The Morgan fingerprint density at radius 1 is 1.04 bits per heavy atom. The number of pyridine rings is 1. The predicted molar refractivity (Wildman–Crippen MR) is 94.6 cm³/mol. The smallest absolute Gasteiger partial charge is 0.136 e. The van der Waals surface area contributed by atoms with E-state index in [1.807, 2.05) is 48.8 Å². The van der Waals surface area contributed by atoms with Crippen LogP contribution in [0.5, 0.6) is 0 Å². The fourth-order valence-electron chi connectivity index (χ4n) is 3.71. The fourth-order valence-corrected chi connectivity index (χ4v) is 3.71. The van der Waals surface area contributed by atoms with Crippen molar-refractivity contribution in [3.05, 3.63) is 72.2 Å². The van der Waals surface area contributed by atoms with Gasteiger partial charge in [0.25, 0.3) is 0 Å². The Kier molecular flexibility index (Phi) is 4.32. The van der Waals surface area contributed by atoms with Gasteiger partial charge in [-0.15, -0.1) is 0 Å². The zero-order chi connectivity index (χ0) is 16.4. The van der Waals surface area contributed by atoms with Crippen molar-refractivity contribution in [2.75, 3.05) is 13.1 Å². The highest BCUT2D eigenvalue weighted by molar-refractivity contribution is 5.39. The van der Waals surface area contributed by atoms with E-state index >= 15 is 0 Å². The molecule has 24 heavy (non-hydrogen) atoms. The molecule has 0 saturated carbocycles. The Bertz CT molecular complexity index is 791. The molecule has 1 aliphatic heterocycles. The van der Waals surface area contributed by atoms with Gasteiger partial charge in [0, 0.05) is 24.6 Å². The maximum Gasteiger partial charge on any atom is 0.136 e. The molecule has 1 atom stereocenters. The molecule has 0 radical (unpaired) electrons. The van der Waals surface area contributed by atoms with E-state index in [1.165, 1.54) is 5.69 Å². The second-order valence-electron chi connectivity index (χ2n) is 6.64. The van der Waals surface area contributed by atoms with E-state index in [1.54, 1.807) is 0 Å². The number of benzene rings is 1. The van der Waals surface area contributed by atoms with Gasteiger partial charge in [-0.1, -0.05) is 36.4 Å². The van der Waals surface area contributed by atoms with Crippen molar-refractivity contribution in [3.8, 4) is 0 Å². The molecule has 1 N–H and O–H groups in total. The minimum atomic E-state index is -0.342. The number of aromatic nitrogens is 2. The van der Waals surface area contributed by atoms with Gasteiger partial charge in [-0.3, -0.25) is 4.90 Å².